The number of nitrogens with zero attached hydrogens (tertiary/aromatic N) is 2. The lowest BCUT2D eigenvalue weighted by molar-refractivity contribution is -0.150. The third-order valence-corrected chi connectivity index (χ3v) is 4.98. The van der Waals surface area contributed by atoms with Crippen LogP contribution in [0.15, 0.2) is 42.6 Å². The molecule has 0 spiro atoms. The van der Waals surface area contributed by atoms with Crippen LogP contribution in [0.2, 0.25) is 0 Å². The molecule has 3 amide bonds. The number of urea groups is 1. The van der Waals surface area contributed by atoms with E-state index >= 15 is 0 Å². The predicted molar refractivity (Wildman–Crippen MR) is 106 cm³/mol. The van der Waals surface area contributed by atoms with Crippen LogP contribution in [0.1, 0.15) is 23.2 Å². The largest absolute Gasteiger partial charge is 0.410 e. The minimum Gasteiger partial charge on any atom is -0.382 e. The average Bonchev–Trinajstić information content (AvgIpc) is 3.14. The Morgan fingerprint density at radius 3 is 2.72 bits per heavy atom. The van der Waals surface area contributed by atoms with Crippen LogP contribution in [0.25, 0.3) is 0 Å². The summed E-state index contributed by atoms with van der Waals surface area (Å²) in [4.78, 5) is 29.7. The van der Waals surface area contributed by atoms with Crippen molar-refractivity contribution in [1.82, 2.24) is 15.2 Å². The van der Waals surface area contributed by atoms with Crippen LogP contribution in [-0.2, 0) is 9.53 Å². The van der Waals surface area contributed by atoms with Gasteiger partial charge in [-0.25, -0.2) is 14.2 Å². The summed E-state index contributed by atoms with van der Waals surface area (Å²) >= 11 is 0. The number of amides is 3. The van der Waals surface area contributed by atoms with Gasteiger partial charge in [-0.05, 0) is 23.8 Å². The topological polar surface area (TPSA) is 110 Å². The molecule has 0 radical (unpaired) electrons. The monoisotopic (exact) mass is 455 g/mol. The molecule has 1 aliphatic heterocycles. The summed E-state index contributed by atoms with van der Waals surface area (Å²) in [6.45, 7) is -0.692. The highest BCUT2D eigenvalue weighted by Crippen LogP contribution is 2.30. The predicted octanol–water partition coefficient (Wildman–Crippen LogP) is 2.50. The van der Waals surface area contributed by atoms with Gasteiger partial charge in [-0.1, -0.05) is 18.2 Å². The number of ether oxygens (including phenoxy) is 1. The van der Waals surface area contributed by atoms with E-state index in [9.17, 15) is 27.2 Å². The summed E-state index contributed by atoms with van der Waals surface area (Å²) < 4.78 is 58.1. The number of carbonyl (C=O) groups is 2. The molecule has 1 aromatic carbocycles. The van der Waals surface area contributed by atoms with Crippen LogP contribution in [0.3, 0.4) is 0 Å². The number of pyridine rings is 1. The molecule has 1 aliphatic rings. The van der Waals surface area contributed by atoms with Gasteiger partial charge in [0.25, 0.3) is 0 Å². The van der Waals surface area contributed by atoms with E-state index in [4.69, 9.17) is 10.5 Å². The highest BCUT2D eigenvalue weighted by Gasteiger charge is 2.48. The number of rotatable bonds is 7. The molecule has 1 saturated heterocycles. The Morgan fingerprint density at radius 2 is 2.09 bits per heavy atom. The lowest BCUT2D eigenvalue weighted by Gasteiger charge is -2.27. The van der Waals surface area contributed by atoms with Crippen LogP contribution >= 0.6 is 0 Å². The summed E-state index contributed by atoms with van der Waals surface area (Å²) in [5, 5.41) is 4.36. The summed E-state index contributed by atoms with van der Waals surface area (Å²) in [5.74, 6) is -1.34. The molecule has 8 nitrogen and oxygen atoms in total. The Morgan fingerprint density at radius 1 is 1.38 bits per heavy atom. The first-order valence-electron chi connectivity index (χ1n) is 9.51. The second-order valence-electron chi connectivity index (χ2n) is 7.13. The quantitative estimate of drug-likeness (QED) is 0.556. The van der Waals surface area contributed by atoms with Gasteiger partial charge in [0.05, 0.1) is 19.2 Å². The van der Waals surface area contributed by atoms with E-state index in [1.807, 2.05) is 5.32 Å². The zero-order valence-corrected chi connectivity index (χ0v) is 16.9. The van der Waals surface area contributed by atoms with Gasteiger partial charge in [0.1, 0.15) is 23.7 Å². The Hall–Kier alpha value is -3.25. The van der Waals surface area contributed by atoms with Crippen molar-refractivity contribution in [2.75, 3.05) is 25.6 Å². The SMILES string of the molecule is COC[C@H](c1ccnc(NC(=O)[C@@H](N)c2ccccc2F)c1)N1C[C@@H](C(F)(F)F)NC1=O. The van der Waals surface area contributed by atoms with Crippen LogP contribution in [-0.4, -0.2) is 54.3 Å². The molecule has 1 aromatic heterocycles. The smallest absolute Gasteiger partial charge is 0.382 e. The third kappa shape index (κ3) is 5.14. The Bertz CT molecular complexity index is 988. The first-order chi connectivity index (χ1) is 15.1. The number of nitrogens with two attached hydrogens (primary N) is 1. The molecular formula is C20H21F4N5O3. The number of aromatic nitrogens is 1. The highest BCUT2D eigenvalue weighted by atomic mass is 19.4. The zero-order valence-electron chi connectivity index (χ0n) is 16.9. The second-order valence-corrected chi connectivity index (χ2v) is 7.13. The molecule has 1 fully saturated rings. The normalized spacial score (nSPS) is 18.2. The minimum atomic E-state index is -4.59. The number of anilines is 1. The number of methoxy groups -OCH3 is 1. The van der Waals surface area contributed by atoms with E-state index in [0.717, 1.165) is 4.90 Å². The molecule has 0 bridgehead atoms. The van der Waals surface area contributed by atoms with Crippen molar-refractivity contribution in [2.45, 2.75) is 24.3 Å². The molecule has 2 heterocycles. The van der Waals surface area contributed by atoms with E-state index < -0.39 is 48.6 Å². The van der Waals surface area contributed by atoms with E-state index in [-0.39, 0.29) is 18.0 Å². The Labute approximate surface area is 180 Å². The van der Waals surface area contributed by atoms with E-state index in [2.05, 4.69) is 10.3 Å². The molecule has 0 aliphatic carbocycles. The molecular weight excluding hydrogens is 434 g/mol. The Balaban J connectivity index is 1.79. The second kappa shape index (κ2) is 9.49. The third-order valence-electron chi connectivity index (χ3n) is 4.98. The standard InChI is InChI=1S/C20H21F4N5O3/c1-32-10-14(29-9-15(20(22,23)24)27-19(29)31)11-6-7-26-16(8-11)28-18(30)17(25)12-4-2-3-5-13(12)21/h2-8,14-15,17H,9-10,25H2,1H3,(H,27,31)(H,26,28,30)/t14-,15+,17+/m1/s1. The molecule has 172 valence electrons. The van der Waals surface area contributed by atoms with E-state index in [1.165, 1.54) is 49.7 Å². The van der Waals surface area contributed by atoms with Gasteiger partial charge >= 0.3 is 12.2 Å². The fourth-order valence-electron chi connectivity index (χ4n) is 3.33. The number of nitrogens with one attached hydrogen (secondary N) is 2. The maximum Gasteiger partial charge on any atom is 0.410 e. The van der Waals surface area contributed by atoms with Crippen molar-refractivity contribution >= 4 is 17.8 Å². The van der Waals surface area contributed by atoms with E-state index in [0.29, 0.717) is 5.56 Å². The van der Waals surface area contributed by atoms with Crippen molar-refractivity contribution in [3.63, 3.8) is 0 Å². The molecule has 2 aromatic rings. The summed E-state index contributed by atoms with van der Waals surface area (Å²) in [6.07, 6.45) is -3.28. The minimum absolute atomic E-state index is 0.00894. The van der Waals surface area contributed by atoms with Crippen molar-refractivity contribution in [2.24, 2.45) is 5.73 Å². The van der Waals surface area contributed by atoms with Crippen molar-refractivity contribution in [3.8, 4) is 0 Å². The molecule has 32 heavy (non-hydrogen) atoms. The molecule has 0 saturated carbocycles. The fraction of sp³-hybridized carbons (Fsp3) is 0.350. The maximum atomic E-state index is 13.9. The number of halogens is 4. The summed E-state index contributed by atoms with van der Waals surface area (Å²) in [5.41, 5.74) is 6.21. The Kier molecular flexibility index (Phi) is 6.94. The first kappa shape index (κ1) is 23.4. The number of benzene rings is 1. The van der Waals surface area contributed by atoms with Crippen molar-refractivity contribution < 1.29 is 31.9 Å². The van der Waals surface area contributed by atoms with E-state index in [1.54, 1.807) is 0 Å². The van der Waals surface area contributed by atoms with Crippen LogP contribution in [0.5, 0.6) is 0 Å². The highest BCUT2D eigenvalue weighted by molar-refractivity contribution is 5.94. The lowest BCUT2D eigenvalue weighted by Crippen LogP contribution is -2.40. The number of carbonyl (C=O) groups excluding carboxylic acids is 2. The maximum absolute atomic E-state index is 13.9. The summed E-state index contributed by atoms with van der Waals surface area (Å²) in [6, 6.07) is 3.35. The van der Waals surface area contributed by atoms with Gasteiger partial charge in [-0.3, -0.25) is 4.79 Å². The average molecular weight is 455 g/mol. The first-order valence-corrected chi connectivity index (χ1v) is 9.51. The number of alkyl halides is 3. The van der Waals surface area contributed by atoms with Crippen LogP contribution in [0.4, 0.5) is 28.2 Å². The molecule has 0 unspecified atom stereocenters. The number of hydrogen-bond donors (Lipinski definition) is 3. The lowest BCUT2D eigenvalue weighted by atomic mass is 10.1. The van der Waals surface area contributed by atoms with Gasteiger partial charge in [0.2, 0.25) is 5.91 Å². The van der Waals surface area contributed by atoms with Crippen LogP contribution in [0, 0.1) is 5.82 Å². The molecule has 3 atom stereocenters. The fourth-order valence-corrected chi connectivity index (χ4v) is 3.33. The summed E-state index contributed by atoms with van der Waals surface area (Å²) in [7, 11) is 1.35. The van der Waals surface area contributed by atoms with Crippen molar-refractivity contribution in [1.29, 1.82) is 0 Å². The molecule has 4 N–H and O–H groups in total. The zero-order chi connectivity index (χ0) is 23.5. The van der Waals surface area contributed by atoms with Crippen molar-refractivity contribution in [3.05, 3.63) is 59.5 Å². The van der Waals surface area contributed by atoms with Gasteiger partial charge in [0, 0.05) is 18.9 Å². The van der Waals surface area contributed by atoms with Crippen LogP contribution < -0.4 is 16.4 Å². The molecule has 3 rings (SSSR count). The van der Waals surface area contributed by atoms with Gasteiger partial charge in [-0.2, -0.15) is 13.2 Å². The van der Waals surface area contributed by atoms with Gasteiger partial charge < -0.3 is 26.0 Å². The molecule has 12 heteroatoms. The van der Waals surface area contributed by atoms with Gasteiger partial charge in [0.15, 0.2) is 0 Å². The van der Waals surface area contributed by atoms with Gasteiger partial charge in [-0.15, -0.1) is 0 Å². The number of hydrogen-bond acceptors (Lipinski definition) is 5.